The number of hydrogen-bond acceptors (Lipinski definition) is 3. The van der Waals surface area contributed by atoms with E-state index in [2.05, 4.69) is 38.4 Å². The van der Waals surface area contributed by atoms with E-state index in [1.165, 1.54) is 0 Å². The highest BCUT2D eigenvalue weighted by Crippen LogP contribution is 2.01. The number of allylic oxidation sites excluding steroid dienone is 2. The van der Waals surface area contributed by atoms with Gasteiger partial charge >= 0.3 is 0 Å². The lowest BCUT2D eigenvalue weighted by Crippen LogP contribution is -2.18. The number of H-pyrrole nitrogens is 1. The molecule has 0 saturated carbocycles. The van der Waals surface area contributed by atoms with Gasteiger partial charge in [0.25, 0.3) is 0 Å². The molecule has 0 atom stereocenters. The van der Waals surface area contributed by atoms with E-state index in [1.807, 2.05) is 13.0 Å². The molecule has 0 saturated heterocycles. The summed E-state index contributed by atoms with van der Waals surface area (Å²) in [6.07, 6.45) is 8.42. The summed E-state index contributed by atoms with van der Waals surface area (Å²) < 4.78 is 0. The Labute approximate surface area is 107 Å². The number of rotatable bonds is 5. The molecule has 0 radical (unpaired) electrons. The van der Waals surface area contributed by atoms with Crippen molar-refractivity contribution in [2.45, 2.75) is 6.92 Å². The smallest absolute Gasteiger partial charge is 0.156 e. The fourth-order valence-electron chi connectivity index (χ4n) is 1.30. The van der Waals surface area contributed by atoms with Crippen molar-refractivity contribution in [3.63, 3.8) is 0 Å². The Hall–Kier alpha value is -2.43. The lowest BCUT2D eigenvalue weighted by Gasteiger charge is -2.01. The van der Waals surface area contributed by atoms with Crippen LogP contribution in [0.1, 0.15) is 18.4 Å². The second-order valence-electron chi connectivity index (χ2n) is 3.27. The maximum Gasteiger partial charge on any atom is 0.156 e. The highest BCUT2D eigenvalue weighted by atomic mass is 15.0. The highest BCUT2D eigenvalue weighted by molar-refractivity contribution is 6.07. The average molecular weight is 243 g/mol. The van der Waals surface area contributed by atoms with Crippen LogP contribution in [-0.2, 0) is 0 Å². The van der Waals surface area contributed by atoms with E-state index in [0.29, 0.717) is 17.4 Å². The van der Waals surface area contributed by atoms with E-state index in [0.717, 1.165) is 5.69 Å². The Morgan fingerprint density at radius 3 is 2.83 bits per heavy atom. The molecule has 0 aromatic carbocycles. The third-order valence-electron chi connectivity index (χ3n) is 2.09. The first kappa shape index (κ1) is 13.6. The summed E-state index contributed by atoms with van der Waals surface area (Å²) in [5.74, 6) is 1.31. The van der Waals surface area contributed by atoms with Crippen molar-refractivity contribution in [3.05, 3.63) is 55.4 Å². The van der Waals surface area contributed by atoms with Gasteiger partial charge in [0.05, 0.1) is 6.20 Å². The number of hydrogen-bond donors (Lipinski definition) is 2. The van der Waals surface area contributed by atoms with Gasteiger partial charge in [0.1, 0.15) is 17.2 Å². The summed E-state index contributed by atoms with van der Waals surface area (Å²) in [6.45, 7) is 9.21. The Kier molecular flexibility index (Phi) is 5.31. The predicted octanol–water partition coefficient (Wildman–Crippen LogP) is 2.03. The van der Waals surface area contributed by atoms with Crippen LogP contribution in [0.5, 0.6) is 0 Å². The Bertz CT molecular complexity index is 505. The van der Waals surface area contributed by atoms with Crippen LogP contribution in [0, 0.1) is 0 Å². The molecule has 18 heavy (non-hydrogen) atoms. The van der Waals surface area contributed by atoms with Gasteiger partial charge in [-0.2, -0.15) is 0 Å². The molecule has 0 fully saturated rings. The molecule has 0 aliphatic rings. The lowest BCUT2D eigenvalue weighted by molar-refractivity contribution is 1.19. The van der Waals surface area contributed by atoms with E-state index in [9.17, 15) is 0 Å². The number of aromatic nitrogens is 2. The first-order valence-electron chi connectivity index (χ1n) is 5.48. The van der Waals surface area contributed by atoms with E-state index < -0.39 is 0 Å². The molecule has 0 aliphatic heterocycles. The van der Waals surface area contributed by atoms with Gasteiger partial charge in [-0.1, -0.05) is 19.2 Å². The molecule has 94 valence electrons. The summed E-state index contributed by atoms with van der Waals surface area (Å²) in [7, 11) is 1.69. The summed E-state index contributed by atoms with van der Waals surface area (Å²) in [6, 6.07) is 0. The molecule has 5 heteroatoms. The van der Waals surface area contributed by atoms with Crippen LogP contribution in [0.2, 0.25) is 0 Å². The van der Waals surface area contributed by atoms with Gasteiger partial charge in [0.2, 0.25) is 0 Å². The molecule has 5 nitrogen and oxygen atoms in total. The first-order chi connectivity index (χ1) is 8.76. The minimum Gasteiger partial charge on any atom is -0.346 e. The SMILES string of the molecule is C=CNC(=NC)c1cnc(C(C=C)=N/C=C\C)[nH]1. The van der Waals surface area contributed by atoms with E-state index >= 15 is 0 Å². The fraction of sp³-hybridized carbons (Fsp3) is 0.154. The van der Waals surface area contributed by atoms with Gasteiger partial charge in [-0.25, -0.2) is 4.98 Å². The van der Waals surface area contributed by atoms with Crippen molar-refractivity contribution < 1.29 is 0 Å². The van der Waals surface area contributed by atoms with Crippen LogP contribution in [0.15, 0.2) is 53.9 Å². The monoisotopic (exact) mass is 243 g/mol. The third kappa shape index (κ3) is 3.28. The number of aromatic amines is 1. The molecule has 0 aliphatic carbocycles. The fourth-order valence-corrected chi connectivity index (χ4v) is 1.30. The zero-order valence-electron chi connectivity index (χ0n) is 10.6. The molecule has 2 N–H and O–H groups in total. The molecular formula is C13H17N5. The second kappa shape index (κ2) is 7.01. The van der Waals surface area contributed by atoms with E-state index in [4.69, 9.17) is 0 Å². The summed E-state index contributed by atoms with van der Waals surface area (Å²) in [4.78, 5) is 15.7. The van der Waals surface area contributed by atoms with Crippen molar-refractivity contribution in [2.75, 3.05) is 7.05 Å². The largest absolute Gasteiger partial charge is 0.346 e. The van der Waals surface area contributed by atoms with Crippen molar-refractivity contribution in [3.8, 4) is 0 Å². The van der Waals surface area contributed by atoms with Crippen LogP contribution < -0.4 is 5.32 Å². The first-order valence-corrected chi connectivity index (χ1v) is 5.48. The van der Waals surface area contributed by atoms with E-state index in [1.54, 1.807) is 31.7 Å². The van der Waals surface area contributed by atoms with Crippen LogP contribution in [0.25, 0.3) is 0 Å². The maximum atomic E-state index is 4.24. The van der Waals surface area contributed by atoms with Gasteiger partial charge in [-0.3, -0.25) is 9.98 Å². The second-order valence-corrected chi connectivity index (χ2v) is 3.27. The number of aliphatic imine (C=N–C) groups is 2. The average Bonchev–Trinajstić information content (AvgIpc) is 2.86. The normalized spacial score (nSPS) is 12.8. The quantitative estimate of drug-likeness (QED) is 0.614. The topological polar surface area (TPSA) is 65.4 Å². The summed E-state index contributed by atoms with van der Waals surface area (Å²) >= 11 is 0. The third-order valence-corrected chi connectivity index (χ3v) is 2.09. The van der Waals surface area contributed by atoms with Crippen LogP contribution in [0.3, 0.4) is 0 Å². The minimum atomic E-state index is 0.644. The predicted molar refractivity (Wildman–Crippen MR) is 75.9 cm³/mol. The Morgan fingerprint density at radius 2 is 2.28 bits per heavy atom. The molecule has 1 heterocycles. The lowest BCUT2D eigenvalue weighted by atomic mass is 10.3. The van der Waals surface area contributed by atoms with Gasteiger partial charge in [-0.15, -0.1) is 0 Å². The van der Waals surface area contributed by atoms with Gasteiger partial charge in [0.15, 0.2) is 5.82 Å². The van der Waals surface area contributed by atoms with Crippen molar-refractivity contribution in [1.82, 2.24) is 15.3 Å². The van der Waals surface area contributed by atoms with Crippen LogP contribution >= 0.6 is 0 Å². The Morgan fingerprint density at radius 1 is 1.50 bits per heavy atom. The Balaban J connectivity index is 3.04. The molecule has 0 spiro atoms. The van der Waals surface area contributed by atoms with Gasteiger partial charge in [0, 0.05) is 13.2 Å². The van der Waals surface area contributed by atoms with Gasteiger partial charge in [-0.05, 0) is 19.2 Å². The standard InChI is InChI=1S/C13H17N5/c1-5-8-16-10(6-2)13-17-9-11(18-13)12(14-4)15-7-3/h5-9H,2-3H2,1,4H3,(H,14,15)(H,17,18)/b8-5-,16-10?. The number of imidazole rings is 1. The number of amidine groups is 1. The summed E-state index contributed by atoms with van der Waals surface area (Å²) in [5.41, 5.74) is 1.44. The minimum absolute atomic E-state index is 0.644. The highest BCUT2D eigenvalue weighted by Gasteiger charge is 2.08. The molecule has 0 bridgehead atoms. The zero-order chi connectivity index (χ0) is 13.4. The number of nitrogens with zero attached hydrogens (tertiary/aromatic N) is 3. The number of nitrogens with one attached hydrogen (secondary N) is 2. The molecular weight excluding hydrogens is 226 g/mol. The van der Waals surface area contributed by atoms with Crippen molar-refractivity contribution in [2.24, 2.45) is 9.98 Å². The van der Waals surface area contributed by atoms with E-state index in [-0.39, 0.29) is 0 Å². The molecule has 1 aromatic heterocycles. The molecule has 0 amide bonds. The molecule has 0 unspecified atom stereocenters. The molecule has 1 aromatic rings. The van der Waals surface area contributed by atoms with Crippen LogP contribution in [0.4, 0.5) is 0 Å². The maximum absolute atomic E-state index is 4.24. The van der Waals surface area contributed by atoms with Gasteiger partial charge < -0.3 is 10.3 Å². The van der Waals surface area contributed by atoms with Crippen molar-refractivity contribution >= 4 is 11.5 Å². The zero-order valence-corrected chi connectivity index (χ0v) is 10.6. The molecule has 1 rings (SSSR count). The van der Waals surface area contributed by atoms with Crippen LogP contribution in [-0.4, -0.2) is 28.6 Å². The van der Waals surface area contributed by atoms with Crippen molar-refractivity contribution in [1.29, 1.82) is 0 Å². The summed E-state index contributed by atoms with van der Waals surface area (Å²) in [5, 5.41) is 2.92.